The number of hydrogen-bond acceptors (Lipinski definition) is 3. The maximum Gasteiger partial charge on any atom is 0.319 e. The molecule has 0 aliphatic heterocycles. The van der Waals surface area contributed by atoms with Crippen molar-refractivity contribution in [2.24, 2.45) is 5.73 Å². The highest BCUT2D eigenvalue weighted by Crippen LogP contribution is 2.10. The third-order valence-electron chi connectivity index (χ3n) is 3.64. The molecule has 0 saturated heterocycles. The smallest absolute Gasteiger partial charge is 0.319 e. The number of hydrogen-bond donors (Lipinski definition) is 3. The van der Waals surface area contributed by atoms with Crippen LogP contribution in [0.5, 0.6) is 5.75 Å². The number of primary amides is 1. The number of benzene rings is 2. The number of amides is 3. The minimum absolute atomic E-state index is 0.425. The molecule has 2 aromatic rings. The van der Waals surface area contributed by atoms with Gasteiger partial charge in [-0.2, -0.15) is 0 Å². The Morgan fingerprint density at radius 2 is 1.67 bits per heavy atom. The minimum Gasteiger partial charge on any atom is -0.488 e. The zero-order valence-electron chi connectivity index (χ0n) is 13.6. The van der Waals surface area contributed by atoms with Gasteiger partial charge in [0, 0.05) is 5.56 Å². The average Bonchev–Trinajstić information content (AvgIpc) is 2.56. The molecule has 2 rings (SSSR count). The van der Waals surface area contributed by atoms with Crippen LogP contribution in [0.25, 0.3) is 0 Å². The van der Waals surface area contributed by atoms with Gasteiger partial charge in [-0.3, -0.25) is 10.1 Å². The van der Waals surface area contributed by atoms with E-state index in [2.05, 4.69) is 5.32 Å². The Kier molecular flexibility index (Phi) is 6.33. The van der Waals surface area contributed by atoms with Crippen LogP contribution < -0.4 is 20.7 Å². The van der Waals surface area contributed by atoms with Crippen molar-refractivity contribution in [2.45, 2.75) is 6.04 Å². The number of carbonyl (C=O) groups is 2. The zero-order valence-corrected chi connectivity index (χ0v) is 13.6. The fourth-order valence-corrected chi connectivity index (χ4v) is 2.49. The molecule has 4 N–H and O–H groups in total. The van der Waals surface area contributed by atoms with Crippen LogP contribution in [-0.4, -0.2) is 32.1 Å². The number of nitrogens with one attached hydrogen (secondary N) is 2. The van der Waals surface area contributed by atoms with E-state index in [4.69, 9.17) is 10.5 Å². The lowest BCUT2D eigenvalue weighted by atomic mass is 10.0. The predicted molar refractivity (Wildman–Crippen MR) is 90.6 cm³/mol. The first-order chi connectivity index (χ1) is 11.6. The van der Waals surface area contributed by atoms with Gasteiger partial charge >= 0.3 is 6.03 Å². The summed E-state index contributed by atoms with van der Waals surface area (Å²) in [6.07, 6.45) is 0. The highest BCUT2D eigenvalue weighted by Gasteiger charge is 2.29. The normalized spacial score (nSPS) is 12.9. The molecule has 0 aliphatic rings. The summed E-state index contributed by atoms with van der Waals surface area (Å²) in [5.41, 5.74) is 5.89. The van der Waals surface area contributed by atoms with E-state index in [9.17, 15) is 9.59 Å². The standard InChI is InChI=1S/C18H21N3O3/c1-21(12-13-24-15-10-6-3-7-11-15)16(17(22)20-18(19)23)14-8-4-2-5-9-14/h2-11,16H,12-13H2,1H3,(H3,19,20,22,23)/p+1/t16-/m1/s1. The highest BCUT2D eigenvalue weighted by molar-refractivity contribution is 5.96. The Labute approximate surface area is 141 Å². The van der Waals surface area contributed by atoms with E-state index in [-0.39, 0.29) is 0 Å². The number of nitrogens with two attached hydrogens (primary N) is 1. The van der Waals surface area contributed by atoms with E-state index in [1.807, 2.05) is 67.7 Å². The van der Waals surface area contributed by atoms with Crippen LogP contribution in [0.2, 0.25) is 0 Å². The van der Waals surface area contributed by atoms with Crippen molar-refractivity contribution in [3.8, 4) is 5.75 Å². The molecule has 0 fully saturated rings. The Balaban J connectivity index is 2.02. The third kappa shape index (κ3) is 5.10. The number of likely N-dealkylation sites (N-methyl/N-ethyl adjacent to an activating group) is 1. The SMILES string of the molecule is C[NH+](CCOc1ccccc1)[C@@H](C(=O)NC(N)=O)c1ccccc1. The maximum atomic E-state index is 12.4. The molecule has 0 saturated carbocycles. The predicted octanol–water partition coefficient (Wildman–Crippen LogP) is 0.516. The van der Waals surface area contributed by atoms with Gasteiger partial charge in [0.2, 0.25) is 0 Å². The van der Waals surface area contributed by atoms with Gasteiger partial charge in [0.1, 0.15) is 18.9 Å². The molecule has 2 aromatic carbocycles. The van der Waals surface area contributed by atoms with E-state index in [1.54, 1.807) is 0 Å². The lowest BCUT2D eigenvalue weighted by Crippen LogP contribution is -3.11. The van der Waals surface area contributed by atoms with Crippen molar-refractivity contribution in [2.75, 3.05) is 20.2 Å². The van der Waals surface area contributed by atoms with Crippen LogP contribution in [0.3, 0.4) is 0 Å². The Morgan fingerprint density at radius 1 is 1.08 bits per heavy atom. The summed E-state index contributed by atoms with van der Waals surface area (Å²) in [5.74, 6) is 0.356. The summed E-state index contributed by atoms with van der Waals surface area (Å²) in [6.45, 7) is 1.03. The summed E-state index contributed by atoms with van der Waals surface area (Å²) < 4.78 is 5.68. The number of carbonyl (C=O) groups excluding carboxylic acids is 2. The van der Waals surface area contributed by atoms with Crippen LogP contribution in [0.1, 0.15) is 11.6 Å². The molecule has 6 nitrogen and oxygen atoms in total. The molecular weight excluding hydrogens is 306 g/mol. The molecule has 1 unspecified atom stereocenters. The lowest BCUT2D eigenvalue weighted by Gasteiger charge is -2.24. The third-order valence-corrected chi connectivity index (χ3v) is 3.64. The molecule has 126 valence electrons. The molecule has 3 amide bonds. The fraction of sp³-hybridized carbons (Fsp3) is 0.222. The summed E-state index contributed by atoms with van der Waals surface area (Å²) in [5, 5.41) is 2.17. The average molecular weight is 328 g/mol. The number of rotatable bonds is 7. The molecule has 6 heteroatoms. The van der Waals surface area contributed by atoms with Gasteiger partial charge in [-0.1, -0.05) is 48.5 Å². The van der Waals surface area contributed by atoms with E-state index < -0.39 is 18.0 Å². The largest absolute Gasteiger partial charge is 0.488 e. The molecule has 0 heterocycles. The van der Waals surface area contributed by atoms with Gasteiger partial charge in [-0.05, 0) is 12.1 Å². The second kappa shape index (κ2) is 8.69. The molecule has 0 spiro atoms. The van der Waals surface area contributed by atoms with E-state index in [1.165, 1.54) is 0 Å². The first-order valence-corrected chi connectivity index (χ1v) is 7.73. The second-order valence-electron chi connectivity index (χ2n) is 5.46. The number of quaternary nitrogens is 1. The maximum absolute atomic E-state index is 12.4. The molecular formula is C18H22N3O3+. The van der Waals surface area contributed by atoms with Crippen molar-refractivity contribution in [1.82, 2.24) is 5.32 Å². The van der Waals surface area contributed by atoms with Gasteiger partial charge in [0.15, 0.2) is 6.04 Å². The van der Waals surface area contributed by atoms with E-state index >= 15 is 0 Å². The fourth-order valence-electron chi connectivity index (χ4n) is 2.49. The Hall–Kier alpha value is -2.86. The van der Waals surface area contributed by atoms with Crippen LogP contribution in [-0.2, 0) is 4.79 Å². The van der Waals surface area contributed by atoms with E-state index in [0.717, 1.165) is 16.2 Å². The van der Waals surface area contributed by atoms with Crippen molar-refractivity contribution >= 4 is 11.9 Å². The van der Waals surface area contributed by atoms with Crippen LogP contribution in [0.15, 0.2) is 60.7 Å². The van der Waals surface area contributed by atoms with Crippen molar-refractivity contribution in [1.29, 1.82) is 0 Å². The van der Waals surface area contributed by atoms with Gasteiger partial charge in [0.25, 0.3) is 5.91 Å². The second-order valence-corrected chi connectivity index (χ2v) is 5.46. The Bertz CT molecular complexity index is 662. The molecule has 2 atom stereocenters. The van der Waals surface area contributed by atoms with Crippen molar-refractivity contribution in [3.63, 3.8) is 0 Å². The minimum atomic E-state index is -0.853. The monoisotopic (exact) mass is 328 g/mol. The summed E-state index contributed by atoms with van der Waals surface area (Å²) >= 11 is 0. The van der Waals surface area contributed by atoms with Gasteiger partial charge in [-0.25, -0.2) is 4.79 Å². The van der Waals surface area contributed by atoms with Gasteiger partial charge < -0.3 is 15.4 Å². The molecule has 24 heavy (non-hydrogen) atoms. The zero-order chi connectivity index (χ0) is 17.4. The van der Waals surface area contributed by atoms with Crippen molar-refractivity contribution < 1.29 is 19.2 Å². The molecule has 0 radical (unpaired) electrons. The lowest BCUT2D eigenvalue weighted by molar-refractivity contribution is -0.902. The number of urea groups is 1. The molecule has 0 aromatic heterocycles. The number of ether oxygens (including phenoxy) is 1. The first-order valence-electron chi connectivity index (χ1n) is 7.73. The summed E-state index contributed by atoms with van der Waals surface area (Å²) in [4.78, 5) is 24.3. The summed E-state index contributed by atoms with van der Waals surface area (Å²) in [6, 6.07) is 17.4. The first kappa shape index (κ1) is 17.5. The number of para-hydroxylation sites is 1. The van der Waals surface area contributed by atoms with Crippen molar-refractivity contribution in [3.05, 3.63) is 66.2 Å². The number of imide groups is 1. The van der Waals surface area contributed by atoms with Crippen LogP contribution in [0, 0.1) is 0 Å². The highest BCUT2D eigenvalue weighted by atomic mass is 16.5. The summed E-state index contributed by atoms with van der Waals surface area (Å²) in [7, 11) is 1.88. The topological polar surface area (TPSA) is 85.9 Å². The molecule has 0 bridgehead atoms. The van der Waals surface area contributed by atoms with E-state index in [0.29, 0.717) is 13.2 Å². The van der Waals surface area contributed by atoms with Gasteiger partial charge in [-0.15, -0.1) is 0 Å². The van der Waals surface area contributed by atoms with Crippen LogP contribution >= 0.6 is 0 Å². The molecule has 0 aliphatic carbocycles. The quantitative estimate of drug-likeness (QED) is 0.692. The Morgan fingerprint density at radius 3 is 2.25 bits per heavy atom. The van der Waals surface area contributed by atoms with Crippen LogP contribution in [0.4, 0.5) is 4.79 Å². The van der Waals surface area contributed by atoms with Gasteiger partial charge in [0.05, 0.1) is 7.05 Å².